The summed E-state index contributed by atoms with van der Waals surface area (Å²) in [7, 11) is 0. The topological polar surface area (TPSA) is 0 Å². The molecule has 0 aromatic carbocycles. The van der Waals surface area contributed by atoms with Crippen LogP contribution in [0, 0.1) is 0 Å². The monoisotopic (exact) mass is 83.1 g/mol. The van der Waals surface area contributed by atoms with Gasteiger partial charge in [0.05, 0.1) is 0 Å². The van der Waals surface area contributed by atoms with Gasteiger partial charge in [0.25, 0.3) is 0 Å². The van der Waals surface area contributed by atoms with E-state index in [1.54, 1.807) is 0 Å². The van der Waals surface area contributed by atoms with Crippen LogP contribution in [-0.2, 0) is 0 Å². The van der Waals surface area contributed by atoms with Gasteiger partial charge in [-0.05, 0) is 0 Å². The molecule has 1 heteroatoms. The van der Waals surface area contributed by atoms with Crippen molar-refractivity contribution < 1.29 is 0 Å². The Kier molecular flexibility index (Phi) is 5.15. The van der Waals surface area contributed by atoms with Gasteiger partial charge < -0.3 is 0 Å². The van der Waals surface area contributed by atoms with Gasteiger partial charge in [-0.15, -0.1) is 0 Å². The maximum absolute atomic E-state index is 2.21. The van der Waals surface area contributed by atoms with Gasteiger partial charge in [-0.3, -0.25) is 0 Å². The van der Waals surface area contributed by atoms with Crippen LogP contribution in [0.1, 0.15) is 19.8 Å². The normalized spacial score (nSPS) is 8.60. The second-order valence-electron chi connectivity index (χ2n) is 1.35. The second-order valence-corrected chi connectivity index (χ2v) is 1.35. The van der Waals surface area contributed by atoms with E-state index >= 15 is 0 Å². The number of unbranched alkanes of at least 4 members (excludes halogenated alkanes) is 1. The Hall–Kier alpha value is 0.597. The molecule has 0 aromatic heterocycles. The molecule has 0 spiro atoms. The van der Waals surface area contributed by atoms with Crippen molar-refractivity contribution in [2.75, 3.05) is 0 Å². The molecule has 0 saturated carbocycles. The Morgan fingerprint density at radius 3 is 2.20 bits per heavy atom. The summed E-state index contributed by atoms with van der Waals surface area (Å²) < 4.78 is 0. The zero-order valence-corrected chi connectivity index (χ0v) is 4.12. The molecule has 26 valence electrons. The fourth-order valence-electron chi connectivity index (χ4n) is 0.354. The minimum absolute atomic E-state index is 1.34. The van der Waals surface area contributed by atoms with Crippen molar-refractivity contribution in [3.05, 3.63) is 0 Å². The van der Waals surface area contributed by atoms with E-state index in [2.05, 4.69) is 24.6 Å². The van der Waals surface area contributed by atoms with Crippen molar-refractivity contribution in [1.29, 1.82) is 0 Å². The predicted molar refractivity (Wildman–Crippen MR) is 25.5 cm³/mol. The molecule has 0 rings (SSSR count). The third kappa shape index (κ3) is 4.60. The summed E-state index contributed by atoms with van der Waals surface area (Å²) in [5, 5.41) is 1.34. The summed E-state index contributed by atoms with van der Waals surface area (Å²) in [6, 6.07) is 0. The third-order valence-electron chi connectivity index (χ3n) is 0.707. The van der Waals surface area contributed by atoms with Crippen LogP contribution in [-0.4, -0.2) is 17.7 Å². The Morgan fingerprint density at radius 2 is 2.20 bits per heavy atom. The molecule has 0 radical (unpaired) electrons. The summed E-state index contributed by atoms with van der Waals surface area (Å²) in [6.07, 6.45) is 2.73. The standard InChI is InChI=1S/C4H9.Li/c1-3-4-2;/h1,3-4H2,2H3;/i;1+19. The molecule has 0 aliphatic carbocycles. The molecular weight excluding hydrogens is 74.0 g/mol. The van der Waals surface area contributed by atoms with Crippen molar-refractivity contribution in [3.63, 3.8) is 0 Å². The molecule has 0 fully saturated rings. The average Bonchev–Trinajstić information content (AvgIpc) is 1.41. The molecule has 0 bridgehead atoms. The van der Waals surface area contributed by atoms with Crippen molar-refractivity contribution >= 4 is 17.7 Å². The van der Waals surface area contributed by atoms with E-state index in [1.165, 1.54) is 17.9 Å². The van der Waals surface area contributed by atoms with Gasteiger partial charge in [-0.1, -0.05) is 0 Å². The Balaban J connectivity index is 2.19. The predicted octanol–water partition coefficient (Wildman–Crippen LogP) is 1.37. The zero-order chi connectivity index (χ0) is 4.12. The molecule has 0 aliphatic heterocycles. The molecule has 0 N–H and O–H groups in total. The molecule has 0 atom stereocenters. The number of hydrogen-bond acceptors (Lipinski definition) is 0. The molecule has 0 heterocycles. The first kappa shape index (κ1) is 5.60. The first-order chi connectivity index (χ1) is 2.41. The van der Waals surface area contributed by atoms with Crippen molar-refractivity contribution in [3.8, 4) is 0 Å². The van der Waals surface area contributed by atoms with Crippen molar-refractivity contribution in [2.24, 2.45) is 0 Å². The molecule has 0 saturated heterocycles. The Labute approximate surface area is 43.2 Å². The van der Waals surface area contributed by atoms with Crippen LogP contribution in [0.25, 0.3) is 0 Å². The first-order valence-corrected chi connectivity index (χ1v) is 2.41. The van der Waals surface area contributed by atoms with E-state index in [9.17, 15) is 0 Å². The number of hydrogen-bond donors (Lipinski definition) is 0. The average molecular weight is 83.1 g/mol. The van der Waals surface area contributed by atoms with Crippen LogP contribution in [0.2, 0.25) is 5.09 Å². The molecule has 5 heavy (non-hydrogen) atoms. The molecule has 0 amide bonds. The summed E-state index contributed by atoms with van der Waals surface area (Å²) in [5.74, 6) is 0. The maximum atomic E-state index is 2.21. The van der Waals surface area contributed by atoms with Gasteiger partial charge in [0.15, 0.2) is 0 Å². The summed E-state index contributed by atoms with van der Waals surface area (Å²) >= 11 is 2.21. The van der Waals surface area contributed by atoms with Crippen LogP contribution in [0.3, 0.4) is 0 Å². The summed E-state index contributed by atoms with van der Waals surface area (Å²) in [5.41, 5.74) is 0. The fraction of sp³-hybridized carbons (Fsp3) is 1.00. The number of rotatable bonds is 2. The van der Waals surface area contributed by atoms with Gasteiger partial charge in [-0.25, -0.2) is 0 Å². The quantitative estimate of drug-likeness (QED) is 0.442. The second kappa shape index (κ2) is 4.60. The molecule has 0 aliphatic rings. The van der Waals surface area contributed by atoms with Gasteiger partial charge >= 0.3 is 42.6 Å². The van der Waals surface area contributed by atoms with E-state index in [0.29, 0.717) is 0 Å². The first-order valence-electron chi connectivity index (χ1n) is 2.41. The minimum atomic E-state index is 1.34. The fourth-order valence-corrected chi connectivity index (χ4v) is 0.354. The molecule has 0 unspecified atom stereocenters. The van der Waals surface area contributed by atoms with Crippen molar-refractivity contribution in [2.45, 2.75) is 24.9 Å². The molecule has 0 aromatic rings. The van der Waals surface area contributed by atoms with Gasteiger partial charge in [0.2, 0.25) is 0 Å². The van der Waals surface area contributed by atoms with E-state index in [0.717, 1.165) is 0 Å². The van der Waals surface area contributed by atoms with Crippen LogP contribution in [0.15, 0.2) is 0 Å². The van der Waals surface area contributed by atoms with Gasteiger partial charge in [0, 0.05) is 0 Å². The van der Waals surface area contributed by atoms with Crippen LogP contribution in [0.4, 0.5) is 0 Å². The van der Waals surface area contributed by atoms with Gasteiger partial charge in [0.1, 0.15) is 0 Å². The molecule has 0 nitrogen and oxygen atoms in total. The SMILES string of the molecule is [26Li][CH2]CCC. The molecular formula is C4H9Li. The van der Waals surface area contributed by atoms with E-state index < -0.39 is 0 Å². The Bertz CT molecular complexity index is 11.1. The third-order valence-corrected chi connectivity index (χ3v) is 0.707. The zero-order valence-electron chi connectivity index (χ0n) is 4.12. The van der Waals surface area contributed by atoms with E-state index in [4.69, 9.17) is 0 Å². The van der Waals surface area contributed by atoms with Crippen molar-refractivity contribution in [1.82, 2.24) is 0 Å². The Morgan fingerprint density at radius 1 is 1.60 bits per heavy atom. The van der Waals surface area contributed by atoms with E-state index in [-0.39, 0.29) is 0 Å². The summed E-state index contributed by atoms with van der Waals surface area (Å²) in [4.78, 5) is 0. The van der Waals surface area contributed by atoms with Crippen LogP contribution in [0.5, 0.6) is 0 Å². The van der Waals surface area contributed by atoms with Gasteiger partial charge in [-0.2, -0.15) is 0 Å². The summed E-state index contributed by atoms with van der Waals surface area (Å²) in [6.45, 7) is 2.21. The van der Waals surface area contributed by atoms with Crippen LogP contribution >= 0.6 is 0 Å². The van der Waals surface area contributed by atoms with Crippen LogP contribution < -0.4 is 0 Å². The van der Waals surface area contributed by atoms with E-state index in [1.807, 2.05) is 0 Å².